The number of benzene rings is 1. The van der Waals surface area contributed by atoms with E-state index in [0.29, 0.717) is 5.92 Å². The Morgan fingerprint density at radius 1 is 1.41 bits per heavy atom. The fraction of sp³-hybridized carbons (Fsp3) is 0.308. The van der Waals surface area contributed by atoms with Crippen molar-refractivity contribution in [2.45, 2.75) is 20.8 Å². The van der Waals surface area contributed by atoms with Gasteiger partial charge in [0.15, 0.2) is 0 Å². The zero-order valence-electron chi connectivity index (χ0n) is 10.3. The van der Waals surface area contributed by atoms with E-state index in [0.717, 1.165) is 15.7 Å². The van der Waals surface area contributed by atoms with Crippen LogP contribution >= 0.6 is 15.9 Å². The maximum atomic E-state index is 11.5. The summed E-state index contributed by atoms with van der Waals surface area (Å²) in [6.07, 6.45) is 3.58. The molecule has 0 saturated carbocycles. The topological polar surface area (TPSA) is 41.1 Å². The molecule has 0 heterocycles. The number of anilines is 1. The Bertz CT molecular complexity index is 427. The number of carbonyl (C=O) groups excluding carboxylic acids is 1. The number of hydrogen-bond acceptors (Lipinski definition) is 1. The van der Waals surface area contributed by atoms with E-state index in [4.69, 9.17) is 0 Å². The molecule has 1 aromatic carbocycles. The fourth-order valence-electron chi connectivity index (χ4n) is 1.21. The van der Waals surface area contributed by atoms with Gasteiger partial charge in [-0.25, -0.2) is 4.79 Å². The van der Waals surface area contributed by atoms with Crippen molar-refractivity contribution in [1.82, 2.24) is 5.32 Å². The molecule has 0 bridgehead atoms. The van der Waals surface area contributed by atoms with Crippen LogP contribution in [0.3, 0.4) is 0 Å². The molecular formula is C13H17BrN2O. The number of allylic oxidation sites excluding steroid dienone is 1. The van der Waals surface area contributed by atoms with Gasteiger partial charge in [-0.3, -0.25) is 0 Å². The Labute approximate surface area is 110 Å². The molecule has 1 rings (SSSR count). The van der Waals surface area contributed by atoms with Crippen molar-refractivity contribution in [3.05, 3.63) is 40.5 Å². The largest absolute Gasteiger partial charge is 0.323 e. The lowest BCUT2D eigenvalue weighted by molar-refractivity contribution is 0.255. The highest BCUT2D eigenvalue weighted by molar-refractivity contribution is 9.10. The Morgan fingerprint density at radius 2 is 2.12 bits per heavy atom. The number of amides is 2. The predicted molar refractivity (Wildman–Crippen MR) is 75.0 cm³/mol. The number of nitrogens with one attached hydrogen (secondary N) is 2. The fourth-order valence-corrected chi connectivity index (χ4v) is 1.45. The Balaban J connectivity index is 2.53. The molecule has 3 nitrogen and oxygen atoms in total. The summed E-state index contributed by atoms with van der Waals surface area (Å²) in [7, 11) is 0. The summed E-state index contributed by atoms with van der Waals surface area (Å²) in [4.78, 5) is 11.5. The summed E-state index contributed by atoms with van der Waals surface area (Å²) >= 11 is 3.41. The van der Waals surface area contributed by atoms with Crippen molar-refractivity contribution < 1.29 is 4.79 Å². The Morgan fingerprint density at radius 3 is 2.71 bits per heavy atom. The zero-order valence-corrected chi connectivity index (χ0v) is 11.8. The van der Waals surface area contributed by atoms with E-state index < -0.39 is 0 Å². The van der Waals surface area contributed by atoms with E-state index in [1.165, 1.54) is 0 Å². The van der Waals surface area contributed by atoms with Gasteiger partial charge in [0.05, 0.1) is 0 Å². The quantitative estimate of drug-likeness (QED) is 0.868. The summed E-state index contributed by atoms with van der Waals surface area (Å²) in [5, 5.41) is 5.42. The van der Waals surface area contributed by atoms with E-state index in [-0.39, 0.29) is 6.03 Å². The molecule has 92 valence electrons. The molecule has 2 amide bonds. The van der Waals surface area contributed by atoms with Gasteiger partial charge in [-0.15, -0.1) is 0 Å². The number of aryl methyl sites for hydroxylation is 1. The minimum Gasteiger partial charge on any atom is -0.315 e. The molecule has 0 aromatic heterocycles. The predicted octanol–water partition coefficient (Wildman–Crippen LogP) is 4.05. The smallest absolute Gasteiger partial charge is 0.315 e. The van der Waals surface area contributed by atoms with Gasteiger partial charge in [-0.05, 0) is 36.6 Å². The molecule has 2 N–H and O–H groups in total. The van der Waals surface area contributed by atoms with Crippen LogP contribution in [0.4, 0.5) is 10.5 Å². The van der Waals surface area contributed by atoms with E-state index in [9.17, 15) is 4.79 Å². The van der Waals surface area contributed by atoms with Crippen LogP contribution in [0.15, 0.2) is 34.9 Å². The molecule has 0 fully saturated rings. The summed E-state index contributed by atoms with van der Waals surface area (Å²) < 4.78 is 1.03. The SMILES string of the molecule is Cc1cc(NC(=O)N/C=C/C(C)C)ccc1Br. The van der Waals surface area contributed by atoms with Crippen LogP contribution < -0.4 is 10.6 Å². The second kappa shape index (κ2) is 6.45. The Hall–Kier alpha value is -1.29. The monoisotopic (exact) mass is 296 g/mol. The van der Waals surface area contributed by atoms with Gasteiger partial charge >= 0.3 is 6.03 Å². The molecule has 0 aliphatic carbocycles. The highest BCUT2D eigenvalue weighted by Gasteiger charge is 2.01. The van der Waals surface area contributed by atoms with Crippen molar-refractivity contribution in [3.63, 3.8) is 0 Å². The second-order valence-electron chi connectivity index (χ2n) is 4.17. The van der Waals surface area contributed by atoms with Gasteiger partial charge in [0.25, 0.3) is 0 Å². The van der Waals surface area contributed by atoms with Crippen LogP contribution in [0, 0.1) is 12.8 Å². The third-order valence-electron chi connectivity index (χ3n) is 2.11. The number of carbonyl (C=O) groups is 1. The standard InChI is InChI=1S/C13H17BrN2O/c1-9(2)6-7-15-13(17)16-11-4-5-12(14)10(3)8-11/h4-9H,1-3H3,(H2,15,16,17)/b7-6+. The van der Waals surface area contributed by atoms with Crippen molar-refractivity contribution in [2.24, 2.45) is 5.92 Å². The van der Waals surface area contributed by atoms with Crippen LogP contribution in [0.5, 0.6) is 0 Å². The molecule has 0 saturated heterocycles. The molecule has 0 aliphatic rings. The average Bonchev–Trinajstić information content (AvgIpc) is 2.23. The first-order chi connectivity index (χ1) is 7.99. The van der Waals surface area contributed by atoms with Gasteiger partial charge in [0.1, 0.15) is 0 Å². The molecule has 0 spiro atoms. The molecule has 0 unspecified atom stereocenters. The maximum Gasteiger partial charge on any atom is 0.323 e. The number of halogens is 1. The lowest BCUT2D eigenvalue weighted by Crippen LogP contribution is -2.23. The van der Waals surface area contributed by atoms with E-state index >= 15 is 0 Å². The molecule has 0 aliphatic heterocycles. The first-order valence-corrected chi connectivity index (χ1v) is 6.28. The first-order valence-electron chi connectivity index (χ1n) is 5.49. The highest BCUT2D eigenvalue weighted by atomic mass is 79.9. The lowest BCUT2D eigenvalue weighted by Gasteiger charge is -2.06. The maximum absolute atomic E-state index is 11.5. The highest BCUT2D eigenvalue weighted by Crippen LogP contribution is 2.19. The van der Waals surface area contributed by atoms with Crippen LogP contribution in [0.25, 0.3) is 0 Å². The normalized spacial score (nSPS) is 10.9. The van der Waals surface area contributed by atoms with Crippen LogP contribution in [-0.2, 0) is 0 Å². The van der Waals surface area contributed by atoms with Crippen molar-refractivity contribution in [2.75, 3.05) is 5.32 Å². The second-order valence-corrected chi connectivity index (χ2v) is 5.02. The van der Waals surface area contributed by atoms with Gasteiger partial charge < -0.3 is 10.6 Å². The van der Waals surface area contributed by atoms with Crippen LogP contribution in [0.2, 0.25) is 0 Å². The third kappa shape index (κ3) is 5.04. The van der Waals surface area contributed by atoms with E-state index in [1.54, 1.807) is 6.20 Å². The van der Waals surface area contributed by atoms with Gasteiger partial charge in [-0.1, -0.05) is 35.9 Å². The van der Waals surface area contributed by atoms with Gasteiger partial charge in [0.2, 0.25) is 0 Å². The van der Waals surface area contributed by atoms with Gasteiger partial charge in [-0.2, -0.15) is 0 Å². The number of urea groups is 1. The molecular weight excluding hydrogens is 280 g/mol. The first kappa shape index (κ1) is 13.8. The van der Waals surface area contributed by atoms with Crippen molar-refractivity contribution in [3.8, 4) is 0 Å². The van der Waals surface area contributed by atoms with Crippen LogP contribution in [-0.4, -0.2) is 6.03 Å². The summed E-state index contributed by atoms with van der Waals surface area (Å²) in [5.74, 6) is 0.422. The molecule has 4 heteroatoms. The summed E-state index contributed by atoms with van der Waals surface area (Å²) in [5.41, 5.74) is 1.86. The summed E-state index contributed by atoms with van der Waals surface area (Å²) in [6, 6.07) is 5.44. The van der Waals surface area contributed by atoms with Crippen LogP contribution in [0.1, 0.15) is 19.4 Å². The number of rotatable bonds is 3. The lowest BCUT2D eigenvalue weighted by atomic mass is 10.2. The molecule has 0 radical (unpaired) electrons. The van der Waals surface area contributed by atoms with E-state index in [2.05, 4.69) is 26.6 Å². The summed E-state index contributed by atoms with van der Waals surface area (Å²) in [6.45, 7) is 6.08. The Kier molecular flexibility index (Phi) is 5.22. The number of hydrogen-bond donors (Lipinski definition) is 2. The van der Waals surface area contributed by atoms with Crippen molar-refractivity contribution >= 4 is 27.6 Å². The zero-order chi connectivity index (χ0) is 12.8. The van der Waals surface area contributed by atoms with Crippen molar-refractivity contribution in [1.29, 1.82) is 0 Å². The van der Waals surface area contributed by atoms with Gasteiger partial charge in [0, 0.05) is 16.4 Å². The average molecular weight is 297 g/mol. The molecule has 0 atom stereocenters. The molecule has 17 heavy (non-hydrogen) atoms. The minimum absolute atomic E-state index is 0.233. The van der Waals surface area contributed by atoms with E-state index in [1.807, 2.05) is 45.0 Å². The third-order valence-corrected chi connectivity index (χ3v) is 3.00. The minimum atomic E-state index is -0.233. The molecule has 1 aromatic rings.